The number of hydrogen-bond donors (Lipinski definition) is 0. The van der Waals surface area contributed by atoms with Crippen molar-refractivity contribution in [2.45, 2.75) is 0 Å². The second-order valence-electron chi connectivity index (χ2n) is 23.5. The van der Waals surface area contributed by atoms with Gasteiger partial charge < -0.3 is 18.6 Å². The van der Waals surface area contributed by atoms with Crippen molar-refractivity contribution in [2.24, 2.45) is 0 Å². The Morgan fingerprint density at radius 3 is 0.966 bits per heavy atom. The van der Waals surface area contributed by atoms with Gasteiger partial charge in [-0.05, 0) is 163 Å². The molecule has 0 aliphatic heterocycles. The summed E-state index contributed by atoms with van der Waals surface area (Å²) in [6, 6.07) is 95.0. The molecule has 5 aromatic heterocycles. The molecule has 0 bridgehead atoms. The maximum atomic E-state index is 6.39. The molecular weight excluding hydrogens is 1120 g/mol. The van der Waals surface area contributed by atoms with Crippen molar-refractivity contribution < 1.29 is 8.83 Å². The van der Waals surface area contributed by atoms with E-state index in [-0.39, 0.29) is 0 Å². The quantitative estimate of drug-likeness (QED) is 0.155. The molecule has 0 radical (unpaired) electrons. The minimum Gasteiger partial charge on any atom is -0.456 e. The van der Waals surface area contributed by atoms with Crippen LogP contribution < -0.4 is 9.80 Å². The fraction of sp³-hybridized carbons (Fsp3) is 0. The molecule has 0 amide bonds. The molecule has 21 aromatic rings. The molecule has 0 atom stereocenters. The van der Waals surface area contributed by atoms with E-state index < -0.39 is 0 Å². The highest BCUT2D eigenvalue weighted by Crippen LogP contribution is 2.51. The molecule has 0 aliphatic rings. The summed E-state index contributed by atoms with van der Waals surface area (Å²) in [5, 5.41) is 27.4. The molecule has 16 aromatic carbocycles. The number of para-hydroxylation sites is 2. The van der Waals surface area contributed by atoms with Gasteiger partial charge >= 0.3 is 0 Å². The van der Waals surface area contributed by atoms with Crippen molar-refractivity contribution in [3.63, 3.8) is 0 Å². The van der Waals surface area contributed by atoms with Gasteiger partial charge in [-0.15, -0.1) is 34.0 Å². The van der Waals surface area contributed by atoms with Crippen molar-refractivity contribution in [2.75, 3.05) is 9.80 Å². The zero-order valence-electron chi connectivity index (χ0n) is 46.2. The highest BCUT2D eigenvalue weighted by molar-refractivity contribution is 7.28. The van der Waals surface area contributed by atoms with Gasteiger partial charge in [0, 0.05) is 116 Å². The molecule has 0 spiro atoms. The summed E-state index contributed by atoms with van der Waals surface area (Å²) in [6.45, 7) is 0. The summed E-state index contributed by atoms with van der Waals surface area (Å²) >= 11 is 5.70. The summed E-state index contributed by atoms with van der Waals surface area (Å²) in [5.41, 5.74) is 10.3. The third-order valence-electron chi connectivity index (χ3n) is 18.9. The van der Waals surface area contributed by atoms with Crippen LogP contribution in [0.15, 0.2) is 264 Å². The van der Waals surface area contributed by atoms with Crippen LogP contribution in [-0.2, 0) is 0 Å². The monoisotopic (exact) mass is 1160 g/mol. The highest BCUT2D eigenvalue weighted by atomic mass is 32.1. The molecule has 87 heavy (non-hydrogen) atoms. The average Bonchev–Trinajstić information content (AvgIpc) is 1.98. The van der Waals surface area contributed by atoms with Crippen LogP contribution in [0.1, 0.15) is 0 Å². The summed E-state index contributed by atoms with van der Waals surface area (Å²) in [6.07, 6.45) is 0. The largest absolute Gasteiger partial charge is 0.456 e. The van der Waals surface area contributed by atoms with Crippen LogP contribution in [0.25, 0.3) is 169 Å². The van der Waals surface area contributed by atoms with Crippen LogP contribution in [0.3, 0.4) is 0 Å². The molecule has 0 saturated heterocycles. The zero-order valence-corrected chi connectivity index (χ0v) is 48.6. The average molecular weight is 1160 g/mol. The van der Waals surface area contributed by atoms with Gasteiger partial charge in [0.05, 0.1) is 11.4 Å². The Bertz CT molecular complexity index is 6130. The Morgan fingerprint density at radius 2 is 0.529 bits per heavy atom. The minimum atomic E-state index is 0.887. The van der Waals surface area contributed by atoms with Crippen LogP contribution in [0.4, 0.5) is 34.1 Å². The lowest BCUT2D eigenvalue weighted by molar-refractivity contribution is 0.668. The molecule has 0 saturated carbocycles. The first kappa shape index (κ1) is 46.8. The van der Waals surface area contributed by atoms with Crippen LogP contribution in [0, 0.1) is 0 Å². The molecule has 0 unspecified atom stereocenters. The number of benzene rings is 16. The maximum Gasteiger partial charge on any atom is 0.135 e. The summed E-state index contributed by atoms with van der Waals surface area (Å²) in [5.74, 6) is 0. The van der Waals surface area contributed by atoms with Crippen molar-refractivity contribution in [3.8, 4) is 0 Å². The number of fused-ring (bicyclic) bond motifs is 15. The molecule has 0 N–H and O–H groups in total. The Balaban J connectivity index is 0.708. The number of nitrogens with zero attached hydrogens (tertiary/aromatic N) is 2. The summed E-state index contributed by atoms with van der Waals surface area (Å²) in [7, 11) is 0. The Kier molecular flexibility index (Phi) is 9.19. The van der Waals surface area contributed by atoms with Gasteiger partial charge in [0.2, 0.25) is 0 Å². The number of hydrogen-bond acceptors (Lipinski definition) is 7. The predicted molar refractivity (Wildman–Crippen MR) is 376 cm³/mol. The van der Waals surface area contributed by atoms with E-state index in [0.717, 1.165) is 78.0 Å². The molecular formula is C80H42N2O2S3. The normalized spacial score (nSPS) is 12.6. The van der Waals surface area contributed by atoms with Crippen LogP contribution in [0.5, 0.6) is 0 Å². The van der Waals surface area contributed by atoms with E-state index in [2.05, 4.69) is 252 Å². The Labute approximate surface area is 507 Å². The van der Waals surface area contributed by atoms with Gasteiger partial charge in [0.1, 0.15) is 22.3 Å². The van der Waals surface area contributed by atoms with Gasteiger partial charge in [0.25, 0.3) is 0 Å². The highest BCUT2D eigenvalue weighted by Gasteiger charge is 2.25. The SMILES string of the molecule is c1cc2ccc3ccc(N(c4ccc5c(c4)sc4cc6c(cc45)sc4cc5c(cc46)sc4cc(N(c6ccc7oc8ccccc8c7c6)c6ccc7ccc8cccc9ccc6c7c89)ccc45)c4ccc5oc6ccccc6c5c4)c4ccc(c1)c2c34. The van der Waals surface area contributed by atoms with Gasteiger partial charge in [0.15, 0.2) is 0 Å². The van der Waals surface area contributed by atoms with Gasteiger partial charge in [-0.3, -0.25) is 0 Å². The van der Waals surface area contributed by atoms with Crippen LogP contribution >= 0.6 is 34.0 Å². The maximum absolute atomic E-state index is 6.39. The number of anilines is 6. The van der Waals surface area contributed by atoms with Crippen molar-refractivity contribution in [1.29, 1.82) is 0 Å². The fourth-order valence-electron chi connectivity index (χ4n) is 15.0. The van der Waals surface area contributed by atoms with Gasteiger partial charge in [-0.1, -0.05) is 146 Å². The van der Waals surface area contributed by atoms with E-state index in [1.165, 1.54) is 125 Å². The second kappa shape index (κ2) is 17.1. The molecule has 4 nitrogen and oxygen atoms in total. The van der Waals surface area contributed by atoms with Crippen LogP contribution in [-0.4, -0.2) is 0 Å². The first-order valence-corrected chi connectivity index (χ1v) is 32.0. The van der Waals surface area contributed by atoms with Gasteiger partial charge in [-0.2, -0.15) is 0 Å². The molecule has 5 heterocycles. The Hall–Kier alpha value is -10.5. The number of thiophene rings is 3. The van der Waals surface area contributed by atoms with E-state index >= 15 is 0 Å². The van der Waals surface area contributed by atoms with E-state index in [4.69, 9.17) is 8.83 Å². The Morgan fingerprint density at radius 1 is 0.207 bits per heavy atom. The fourth-order valence-corrected chi connectivity index (χ4v) is 18.4. The predicted octanol–water partition coefficient (Wildman–Crippen LogP) is 25.3. The number of furan rings is 2. The lowest BCUT2D eigenvalue weighted by Gasteiger charge is -2.28. The first-order valence-electron chi connectivity index (χ1n) is 29.5. The molecule has 0 aliphatic carbocycles. The number of rotatable bonds is 6. The van der Waals surface area contributed by atoms with Crippen molar-refractivity contribution in [3.05, 3.63) is 255 Å². The van der Waals surface area contributed by atoms with Crippen LogP contribution in [0.2, 0.25) is 0 Å². The minimum absolute atomic E-state index is 0.887. The summed E-state index contributed by atoms with van der Waals surface area (Å²) in [4.78, 5) is 4.93. The van der Waals surface area contributed by atoms with Gasteiger partial charge in [-0.25, -0.2) is 0 Å². The third kappa shape index (κ3) is 6.54. The topological polar surface area (TPSA) is 32.8 Å². The van der Waals surface area contributed by atoms with E-state index in [1.54, 1.807) is 0 Å². The summed E-state index contributed by atoms with van der Waals surface area (Å²) < 4.78 is 20.5. The van der Waals surface area contributed by atoms with Crippen molar-refractivity contribution in [1.82, 2.24) is 0 Å². The van der Waals surface area contributed by atoms with E-state index in [1.807, 2.05) is 46.1 Å². The van der Waals surface area contributed by atoms with Crippen molar-refractivity contribution >= 4 is 237 Å². The standard InChI is InChI=1S/C80H42N2O2S3/c1-3-13-67-53(11-1)59-35-49(25-33-69(59)83-67)81(65-31-21-47-17-15-43-7-5-9-45-19-27-57(65)79(47)77(43)45)51-23-29-55-61-39-75-63(41-73(61)85-71(55)37-51)64-42-74-62(40-76(64)87-75)56-30-24-52(38-72(56)86-74)82(50-26-34-70-60(36-50)54-12-2-4-14-68(54)84-70)66-32-22-48-18-16-44-8-6-10-46-20-28-58(66)80(48)78(44)46/h1-42H. The first-order chi connectivity index (χ1) is 43.0. The third-order valence-corrected chi connectivity index (χ3v) is 22.2. The molecule has 402 valence electrons. The van der Waals surface area contributed by atoms with E-state index in [9.17, 15) is 0 Å². The lowest BCUT2D eigenvalue weighted by Crippen LogP contribution is -2.10. The smallest absolute Gasteiger partial charge is 0.135 e. The lowest BCUT2D eigenvalue weighted by atomic mass is 9.93. The van der Waals surface area contributed by atoms with E-state index in [0.29, 0.717) is 0 Å². The zero-order chi connectivity index (χ0) is 56.3. The molecule has 21 rings (SSSR count). The second-order valence-corrected chi connectivity index (χ2v) is 26.7. The molecule has 7 heteroatoms. The molecule has 0 fully saturated rings.